The molecule has 1 N–H and O–H groups in total. The van der Waals surface area contributed by atoms with Crippen LogP contribution in [0.1, 0.15) is 22.8 Å². The quantitative estimate of drug-likeness (QED) is 0.937. The highest BCUT2D eigenvalue weighted by molar-refractivity contribution is 7.07. The van der Waals surface area contributed by atoms with E-state index in [9.17, 15) is 9.59 Å². The average molecular weight is 303 g/mol. The highest BCUT2D eigenvalue weighted by Crippen LogP contribution is 2.04. The van der Waals surface area contributed by atoms with Crippen LogP contribution in [0.3, 0.4) is 0 Å². The van der Waals surface area contributed by atoms with Crippen molar-refractivity contribution in [2.24, 2.45) is 12.0 Å². The number of nitrogens with zero attached hydrogens (tertiary/aromatic N) is 2. The number of rotatable bonds is 3. The third-order valence-electron chi connectivity index (χ3n) is 2.96. The molecule has 0 spiro atoms. The molecule has 2 rings (SSSR count). The number of hydrogen-bond donors (Lipinski definition) is 1. The van der Waals surface area contributed by atoms with E-state index in [4.69, 9.17) is 0 Å². The minimum atomic E-state index is -0.667. The first-order valence-electron chi connectivity index (χ1n) is 6.53. The zero-order valence-electron chi connectivity index (χ0n) is 12.2. The number of carbonyl (C=O) groups is 2. The van der Waals surface area contributed by atoms with E-state index in [0.717, 1.165) is 5.56 Å². The number of benzene rings is 1. The zero-order valence-corrected chi connectivity index (χ0v) is 13.0. The molecule has 110 valence electrons. The lowest BCUT2D eigenvalue weighted by Crippen LogP contribution is -2.38. The molecular weight excluding hydrogens is 286 g/mol. The minimum absolute atomic E-state index is 0.273. The van der Waals surface area contributed by atoms with Crippen molar-refractivity contribution in [3.63, 3.8) is 0 Å². The molecule has 21 heavy (non-hydrogen) atoms. The minimum Gasteiger partial charge on any atom is -0.340 e. The summed E-state index contributed by atoms with van der Waals surface area (Å²) < 4.78 is 1.76. The van der Waals surface area contributed by atoms with Crippen LogP contribution in [0.15, 0.2) is 40.8 Å². The number of thiazole rings is 1. The fourth-order valence-corrected chi connectivity index (χ4v) is 2.49. The van der Waals surface area contributed by atoms with Gasteiger partial charge in [-0.3, -0.25) is 9.59 Å². The van der Waals surface area contributed by atoms with E-state index in [1.165, 1.54) is 11.3 Å². The first-order valence-corrected chi connectivity index (χ1v) is 7.41. The Kier molecular flexibility index (Phi) is 4.70. The second-order valence-electron chi connectivity index (χ2n) is 4.81. The van der Waals surface area contributed by atoms with Gasteiger partial charge in [0.15, 0.2) is 4.80 Å². The van der Waals surface area contributed by atoms with Crippen molar-refractivity contribution in [3.05, 3.63) is 51.8 Å². The smallest absolute Gasteiger partial charge is 0.270 e. The van der Waals surface area contributed by atoms with E-state index < -0.39 is 6.04 Å². The number of amides is 2. The molecule has 6 heteroatoms. The molecule has 1 atom stereocenters. The van der Waals surface area contributed by atoms with Crippen LogP contribution in [0.25, 0.3) is 0 Å². The summed E-state index contributed by atoms with van der Waals surface area (Å²) in [6.07, 6.45) is 1.83. The molecule has 1 unspecified atom stereocenters. The number of aromatic nitrogens is 1. The van der Waals surface area contributed by atoms with Crippen molar-refractivity contribution in [3.8, 4) is 0 Å². The molecule has 0 radical (unpaired) electrons. The maximum absolute atomic E-state index is 12.1. The van der Waals surface area contributed by atoms with Gasteiger partial charge in [-0.05, 0) is 26.0 Å². The van der Waals surface area contributed by atoms with Crippen molar-refractivity contribution in [2.75, 3.05) is 0 Å². The van der Waals surface area contributed by atoms with E-state index in [0.29, 0.717) is 10.4 Å². The Bertz CT molecular complexity index is 730. The van der Waals surface area contributed by atoms with Gasteiger partial charge in [0.1, 0.15) is 6.04 Å². The van der Waals surface area contributed by atoms with Gasteiger partial charge in [-0.2, -0.15) is 4.99 Å². The van der Waals surface area contributed by atoms with Crippen molar-refractivity contribution in [1.82, 2.24) is 9.88 Å². The summed E-state index contributed by atoms with van der Waals surface area (Å²) in [6, 6.07) is 6.56. The molecule has 0 aliphatic rings. The Hall–Kier alpha value is -2.21. The summed E-state index contributed by atoms with van der Waals surface area (Å²) in [5.41, 5.74) is 1.54. The maximum Gasteiger partial charge on any atom is 0.270 e. The van der Waals surface area contributed by atoms with E-state index >= 15 is 0 Å². The van der Waals surface area contributed by atoms with Gasteiger partial charge in [-0.1, -0.05) is 17.7 Å². The molecule has 1 aromatic carbocycles. The van der Waals surface area contributed by atoms with Crippen molar-refractivity contribution < 1.29 is 9.59 Å². The van der Waals surface area contributed by atoms with Gasteiger partial charge in [-0.15, -0.1) is 11.3 Å². The Morgan fingerprint density at radius 1 is 1.38 bits per heavy atom. The van der Waals surface area contributed by atoms with Crippen LogP contribution in [0.2, 0.25) is 0 Å². The van der Waals surface area contributed by atoms with Gasteiger partial charge in [0.05, 0.1) is 0 Å². The molecular formula is C15H17N3O2S. The SMILES string of the molecule is Cc1cccc(C(=O)NC(C)C(=O)N=c2sccn2C)c1. The number of aryl methyl sites for hydroxylation is 2. The third-order valence-corrected chi connectivity index (χ3v) is 3.81. The topological polar surface area (TPSA) is 63.5 Å². The molecule has 0 aliphatic carbocycles. The van der Waals surface area contributed by atoms with E-state index in [1.807, 2.05) is 37.7 Å². The van der Waals surface area contributed by atoms with Crippen LogP contribution >= 0.6 is 11.3 Å². The van der Waals surface area contributed by atoms with Crippen LogP contribution in [0.4, 0.5) is 0 Å². The molecule has 0 saturated carbocycles. The zero-order chi connectivity index (χ0) is 15.4. The fourth-order valence-electron chi connectivity index (χ4n) is 1.75. The van der Waals surface area contributed by atoms with Gasteiger partial charge in [0, 0.05) is 24.2 Å². The molecule has 2 amide bonds. The molecule has 0 fully saturated rings. The first-order chi connectivity index (χ1) is 9.97. The molecule has 1 aromatic heterocycles. The summed E-state index contributed by atoms with van der Waals surface area (Å²) in [4.78, 5) is 28.7. The fraction of sp³-hybridized carbons (Fsp3) is 0.267. The van der Waals surface area contributed by atoms with E-state index in [-0.39, 0.29) is 11.8 Å². The van der Waals surface area contributed by atoms with Gasteiger partial charge in [-0.25, -0.2) is 0 Å². The summed E-state index contributed by atoms with van der Waals surface area (Å²) in [7, 11) is 1.82. The highest BCUT2D eigenvalue weighted by atomic mass is 32.1. The van der Waals surface area contributed by atoms with Crippen LogP contribution < -0.4 is 10.1 Å². The highest BCUT2D eigenvalue weighted by Gasteiger charge is 2.16. The van der Waals surface area contributed by atoms with Crippen molar-refractivity contribution in [2.45, 2.75) is 19.9 Å². The van der Waals surface area contributed by atoms with Gasteiger partial charge in [0.25, 0.3) is 11.8 Å². The standard InChI is InChI=1S/C15H17N3O2S/c1-10-5-4-6-12(9-10)14(20)16-11(2)13(19)17-15-18(3)7-8-21-15/h4-9,11H,1-3H3,(H,16,20). The monoisotopic (exact) mass is 303 g/mol. The van der Waals surface area contributed by atoms with Gasteiger partial charge >= 0.3 is 0 Å². The van der Waals surface area contributed by atoms with Crippen LogP contribution in [-0.2, 0) is 11.8 Å². The Labute approximate surface area is 127 Å². The molecule has 0 bridgehead atoms. The van der Waals surface area contributed by atoms with E-state index in [2.05, 4.69) is 10.3 Å². The summed E-state index contributed by atoms with van der Waals surface area (Å²) in [6.45, 7) is 3.55. The second kappa shape index (κ2) is 6.49. The molecule has 1 heterocycles. The first kappa shape index (κ1) is 15.2. The third kappa shape index (κ3) is 3.88. The number of hydrogen-bond acceptors (Lipinski definition) is 3. The predicted octanol–water partition coefficient (Wildman–Crippen LogP) is 1.64. The Balaban J connectivity index is 2.08. The molecule has 5 nitrogen and oxygen atoms in total. The van der Waals surface area contributed by atoms with Crippen LogP contribution in [0, 0.1) is 6.92 Å². The Morgan fingerprint density at radius 2 is 2.14 bits per heavy atom. The maximum atomic E-state index is 12.1. The largest absolute Gasteiger partial charge is 0.340 e. The molecule has 2 aromatic rings. The second-order valence-corrected chi connectivity index (χ2v) is 5.68. The lowest BCUT2D eigenvalue weighted by atomic mass is 10.1. The summed E-state index contributed by atoms with van der Waals surface area (Å²) in [5.74, 6) is -0.639. The number of nitrogens with one attached hydrogen (secondary N) is 1. The lowest BCUT2D eigenvalue weighted by Gasteiger charge is -2.10. The van der Waals surface area contributed by atoms with Crippen LogP contribution in [0.5, 0.6) is 0 Å². The number of carbonyl (C=O) groups excluding carboxylic acids is 2. The van der Waals surface area contributed by atoms with Crippen molar-refractivity contribution >= 4 is 23.2 Å². The van der Waals surface area contributed by atoms with E-state index in [1.54, 1.807) is 23.6 Å². The van der Waals surface area contributed by atoms with Crippen molar-refractivity contribution in [1.29, 1.82) is 0 Å². The molecule has 0 aliphatic heterocycles. The van der Waals surface area contributed by atoms with Crippen LogP contribution in [-0.4, -0.2) is 22.4 Å². The lowest BCUT2D eigenvalue weighted by molar-refractivity contribution is -0.119. The predicted molar refractivity (Wildman–Crippen MR) is 82.0 cm³/mol. The Morgan fingerprint density at radius 3 is 2.76 bits per heavy atom. The average Bonchev–Trinajstić information content (AvgIpc) is 2.84. The normalized spacial score (nSPS) is 13.0. The summed E-state index contributed by atoms with van der Waals surface area (Å²) >= 11 is 1.38. The molecule has 0 saturated heterocycles. The van der Waals surface area contributed by atoms with Gasteiger partial charge < -0.3 is 9.88 Å². The van der Waals surface area contributed by atoms with Gasteiger partial charge in [0.2, 0.25) is 0 Å². The summed E-state index contributed by atoms with van der Waals surface area (Å²) in [5, 5.41) is 4.52.